The summed E-state index contributed by atoms with van der Waals surface area (Å²) in [5.41, 5.74) is 2.53. The van der Waals surface area contributed by atoms with E-state index in [4.69, 9.17) is 16.7 Å². The highest BCUT2D eigenvalue weighted by atomic mass is 35.5. The molecule has 0 atom stereocenters. The molecule has 0 radical (unpaired) electrons. The number of halogens is 1. The molecule has 1 aromatic heterocycles. The highest BCUT2D eigenvalue weighted by molar-refractivity contribution is 7.99. The van der Waals surface area contributed by atoms with Crippen LogP contribution in [0.4, 0.5) is 0 Å². The number of rotatable bonds is 5. The fraction of sp³-hybridized carbons (Fsp3) is 0.0556. The van der Waals surface area contributed by atoms with Crippen LogP contribution in [0.3, 0.4) is 0 Å². The van der Waals surface area contributed by atoms with Gasteiger partial charge in [0, 0.05) is 16.1 Å². The minimum absolute atomic E-state index is 0.0503. The molecule has 0 fully saturated rings. The van der Waals surface area contributed by atoms with Crippen LogP contribution in [0.15, 0.2) is 65.7 Å². The van der Waals surface area contributed by atoms with Gasteiger partial charge in [0.1, 0.15) is 5.03 Å². The zero-order valence-electron chi connectivity index (χ0n) is 12.5. The fourth-order valence-electron chi connectivity index (χ4n) is 2.12. The molecular weight excluding hydrogens is 344 g/mol. The van der Waals surface area contributed by atoms with Gasteiger partial charge in [-0.1, -0.05) is 53.7 Å². The van der Waals surface area contributed by atoms with Gasteiger partial charge in [0.2, 0.25) is 0 Å². The van der Waals surface area contributed by atoms with E-state index >= 15 is 0 Å². The Balaban J connectivity index is 2.05. The second-order valence-electron chi connectivity index (χ2n) is 4.97. The van der Waals surface area contributed by atoms with Gasteiger partial charge in [0.25, 0.3) is 0 Å². The van der Waals surface area contributed by atoms with Crippen LogP contribution in [0.2, 0.25) is 5.02 Å². The summed E-state index contributed by atoms with van der Waals surface area (Å²) in [5, 5.41) is 10.2. The molecule has 1 N–H and O–H groups in total. The number of carbonyl (C=O) groups is 1. The molecule has 6 heteroatoms. The van der Waals surface area contributed by atoms with Crippen molar-refractivity contribution >= 4 is 29.3 Å². The number of aliphatic carboxylic acids is 1. The van der Waals surface area contributed by atoms with E-state index < -0.39 is 5.97 Å². The molecule has 4 nitrogen and oxygen atoms in total. The molecule has 0 aliphatic carbocycles. The third-order valence-electron chi connectivity index (χ3n) is 3.22. The molecule has 3 rings (SSSR count). The average Bonchev–Trinajstić information content (AvgIpc) is 2.61. The third-order valence-corrected chi connectivity index (χ3v) is 4.37. The summed E-state index contributed by atoms with van der Waals surface area (Å²) in [4.78, 5) is 19.9. The maximum atomic E-state index is 10.8. The summed E-state index contributed by atoms with van der Waals surface area (Å²) in [5.74, 6) is -0.389. The maximum absolute atomic E-state index is 10.8. The van der Waals surface area contributed by atoms with E-state index in [0.29, 0.717) is 15.9 Å². The number of carboxylic acids is 1. The van der Waals surface area contributed by atoms with Crippen LogP contribution in [0, 0.1) is 0 Å². The molecule has 0 unspecified atom stereocenters. The van der Waals surface area contributed by atoms with Crippen LogP contribution >= 0.6 is 23.4 Å². The number of hydrogen-bond acceptors (Lipinski definition) is 4. The van der Waals surface area contributed by atoms with Crippen molar-refractivity contribution in [3.8, 4) is 22.6 Å². The van der Waals surface area contributed by atoms with Crippen molar-refractivity contribution in [2.45, 2.75) is 5.03 Å². The van der Waals surface area contributed by atoms with E-state index in [-0.39, 0.29) is 5.75 Å². The molecule has 3 aromatic rings. The van der Waals surface area contributed by atoms with Gasteiger partial charge in [0.05, 0.1) is 11.4 Å². The lowest BCUT2D eigenvalue weighted by Gasteiger charge is -2.08. The number of benzene rings is 2. The van der Waals surface area contributed by atoms with Crippen LogP contribution < -0.4 is 0 Å². The smallest absolute Gasteiger partial charge is 0.313 e. The predicted molar refractivity (Wildman–Crippen MR) is 96.3 cm³/mol. The van der Waals surface area contributed by atoms with Crippen LogP contribution in [0.1, 0.15) is 0 Å². The molecule has 1 heterocycles. The van der Waals surface area contributed by atoms with Gasteiger partial charge in [-0.3, -0.25) is 4.79 Å². The van der Waals surface area contributed by atoms with E-state index in [0.717, 1.165) is 16.8 Å². The normalized spacial score (nSPS) is 10.5. The number of hydrogen-bond donors (Lipinski definition) is 1. The Hall–Kier alpha value is -2.37. The van der Waals surface area contributed by atoms with Gasteiger partial charge in [-0.2, -0.15) is 0 Å². The second kappa shape index (κ2) is 7.47. The molecule has 0 saturated heterocycles. The highest BCUT2D eigenvalue weighted by Gasteiger charge is 2.10. The molecule has 0 bridgehead atoms. The van der Waals surface area contributed by atoms with Crippen LogP contribution in [-0.2, 0) is 4.79 Å². The molecule has 0 spiro atoms. The summed E-state index contributed by atoms with van der Waals surface area (Å²) in [6.45, 7) is 0. The van der Waals surface area contributed by atoms with E-state index in [9.17, 15) is 4.79 Å². The first kappa shape index (κ1) is 16.5. The highest BCUT2D eigenvalue weighted by Crippen LogP contribution is 2.27. The first-order chi connectivity index (χ1) is 11.6. The van der Waals surface area contributed by atoms with Gasteiger partial charge in [-0.25, -0.2) is 9.97 Å². The SMILES string of the molecule is O=C(O)CSc1cc(-c2ccccc2)nc(-c2ccc(Cl)cc2)n1. The van der Waals surface area contributed by atoms with Gasteiger partial charge >= 0.3 is 5.97 Å². The molecule has 24 heavy (non-hydrogen) atoms. The number of aromatic nitrogens is 2. The molecule has 2 aromatic carbocycles. The molecule has 0 aliphatic heterocycles. The second-order valence-corrected chi connectivity index (χ2v) is 6.40. The van der Waals surface area contributed by atoms with Crippen LogP contribution in [-0.4, -0.2) is 26.8 Å². The van der Waals surface area contributed by atoms with E-state index in [1.54, 1.807) is 12.1 Å². The Morgan fingerprint density at radius 1 is 1.00 bits per heavy atom. The molecule has 120 valence electrons. The molecular formula is C18H13ClN2O2S. The summed E-state index contributed by atoms with van der Waals surface area (Å²) >= 11 is 7.10. The van der Waals surface area contributed by atoms with E-state index in [1.165, 1.54) is 11.8 Å². The lowest BCUT2D eigenvalue weighted by Crippen LogP contribution is -2.00. The maximum Gasteiger partial charge on any atom is 0.313 e. The minimum Gasteiger partial charge on any atom is -0.481 e. The van der Waals surface area contributed by atoms with Gasteiger partial charge in [-0.05, 0) is 30.3 Å². The zero-order chi connectivity index (χ0) is 16.9. The lowest BCUT2D eigenvalue weighted by atomic mass is 10.1. The van der Waals surface area contributed by atoms with E-state index in [1.807, 2.05) is 48.5 Å². The van der Waals surface area contributed by atoms with Crippen molar-refractivity contribution in [3.63, 3.8) is 0 Å². The topological polar surface area (TPSA) is 63.1 Å². The number of carboxylic acid groups (broad SMARTS) is 1. The van der Waals surface area contributed by atoms with Gasteiger partial charge < -0.3 is 5.11 Å². The number of thioether (sulfide) groups is 1. The first-order valence-corrected chi connectivity index (χ1v) is 8.53. The third kappa shape index (κ3) is 4.13. The predicted octanol–water partition coefficient (Wildman–Crippen LogP) is 4.64. The van der Waals surface area contributed by atoms with Crippen LogP contribution in [0.5, 0.6) is 0 Å². The zero-order valence-corrected chi connectivity index (χ0v) is 14.1. The summed E-state index contributed by atoms with van der Waals surface area (Å²) < 4.78 is 0. The van der Waals surface area contributed by atoms with Crippen molar-refractivity contribution in [2.75, 3.05) is 5.75 Å². The van der Waals surface area contributed by atoms with Crippen molar-refractivity contribution in [1.29, 1.82) is 0 Å². The van der Waals surface area contributed by atoms with Crippen LogP contribution in [0.25, 0.3) is 22.6 Å². The van der Waals surface area contributed by atoms with Gasteiger partial charge in [-0.15, -0.1) is 0 Å². The fourth-order valence-corrected chi connectivity index (χ4v) is 2.86. The quantitative estimate of drug-likeness (QED) is 0.533. The molecule has 0 amide bonds. The van der Waals surface area contributed by atoms with Crippen molar-refractivity contribution in [3.05, 3.63) is 65.7 Å². The first-order valence-electron chi connectivity index (χ1n) is 7.17. The van der Waals surface area contributed by atoms with Crippen molar-refractivity contribution < 1.29 is 9.90 Å². The number of nitrogens with zero attached hydrogens (tertiary/aromatic N) is 2. The lowest BCUT2D eigenvalue weighted by molar-refractivity contribution is -0.133. The average molecular weight is 357 g/mol. The summed E-state index contributed by atoms with van der Waals surface area (Å²) in [7, 11) is 0. The molecule has 0 aliphatic rings. The van der Waals surface area contributed by atoms with E-state index in [2.05, 4.69) is 9.97 Å². The largest absolute Gasteiger partial charge is 0.481 e. The Kier molecular flexibility index (Phi) is 5.13. The standard InChI is InChI=1S/C18H13ClN2O2S/c19-14-8-6-13(7-9-14)18-20-15(12-4-2-1-3-5-12)10-16(21-18)24-11-17(22)23/h1-10H,11H2,(H,22,23). The Morgan fingerprint density at radius 3 is 2.38 bits per heavy atom. The molecule has 0 saturated carbocycles. The van der Waals surface area contributed by atoms with Crippen molar-refractivity contribution in [2.24, 2.45) is 0 Å². The monoisotopic (exact) mass is 356 g/mol. The Morgan fingerprint density at radius 2 is 1.71 bits per heavy atom. The summed E-state index contributed by atoms with van der Waals surface area (Å²) in [6.07, 6.45) is 0. The summed E-state index contributed by atoms with van der Waals surface area (Å²) in [6, 6.07) is 18.8. The van der Waals surface area contributed by atoms with Crippen molar-refractivity contribution in [1.82, 2.24) is 9.97 Å². The minimum atomic E-state index is -0.882. The Bertz CT molecular complexity index is 855. The Labute approximate surface area is 148 Å². The van der Waals surface area contributed by atoms with Gasteiger partial charge in [0.15, 0.2) is 5.82 Å².